The summed E-state index contributed by atoms with van der Waals surface area (Å²) in [5, 5.41) is 9.00. The molecule has 1 amide bonds. The summed E-state index contributed by atoms with van der Waals surface area (Å²) in [6.45, 7) is 4.68. The fourth-order valence-electron chi connectivity index (χ4n) is 2.24. The molecule has 5 nitrogen and oxygen atoms in total. The summed E-state index contributed by atoms with van der Waals surface area (Å²) in [5.41, 5.74) is -3.79. The van der Waals surface area contributed by atoms with Crippen LogP contribution >= 0.6 is 0 Å². The number of likely N-dealkylation sites (tertiary alicyclic amines) is 1. The van der Waals surface area contributed by atoms with Crippen LogP contribution in [0.4, 0.5) is 18.0 Å². The number of carbonyl (C=O) groups is 2. The van der Waals surface area contributed by atoms with E-state index in [2.05, 4.69) is 0 Å². The summed E-state index contributed by atoms with van der Waals surface area (Å²) in [6, 6.07) is 0. The van der Waals surface area contributed by atoms with E-state index in [1.807, 2.05) is 0 Å². The van der Waals surface area contributed by atoms with E-state index in [1.54, 1.807) is 20.8 Å². The highest BCUT2D eigenvalue weighted by atomic mass is 19.4. The smallest absolute Gasteiger partial charge is 0.410 e. The number of ether oxygens (including phenoxy) is 1. The second kappa shape index (κ2) is 4.82. The quantitative estimate of drug-likeness (QED) is 0.807. The number of rotatable bonds is 1. The van der Waals surface area contributed by atoms with Crippen LogP contribution in [0.2, 0.25) is 0 Å². The van der Waals surface area contributed by atoms with Gasteiger partial charge in [0.2, 0.25) is 0 Å². The van der Waals surface area contributed by atoms with Gasteiger partial charge in [-0.1, -0.05) is 6.92 Å². The highest BCUT2D eigenvalue weighted by Crippen LogP contribution is 2.49. The lowest BCUT2D eigenvalue weighted by Crippen LogP contribution is -2.51. The number of hydrogen-bond donors (Lipinski definition) is 1. The molecule has 1 N–H and O–H groups in total. The van der Waals surface area contributed by atoms with Crippen LogP contribution in [0.1, 0.15) is 27.7 Å². The number of carboxylic acid groups (broad SMARTS) is 1. The minimum absolute atomic E-state index is 0.305. The van der Waals surface area contributed by atoms with Crippen LogP contribution in [0, 0.1) is 11.3 Å². The average Bonchev–Trinajstić information content (AvgIpc) is 2.53. The highest BCUT2D eigenvalue weighted by Gasteiger charge is 2.68. The van der Waals surface area contributed by atoms with Gasteiger partial charge in [0.05, 0.1) is 0 Å². The van der Waals surface area contributed by atoms with Crippen molar-refractivity contribution in [1.82, 2.24) is 4.90 Å². The molecule has 0 bridgehead atoms. The number of carboxylic acids is 1. The molecular formula is C12H18F3NO4. The van der Waals surface area contributed by atoms with Crippen molar-refractivity contribution in [1.29, 1.82) is 0 Å². The van der Waals surface area contributed by atoms with Gasteiger partial charge in [-0.2, -0.15) is 13.2 Å². The van der Waals surface area contributed by atoms with E-state index >= 15 is 0 Å². The third-order valence-electron chi connectivity index (χ3n) is 3.31. The van der Waals surface area contributed by atoms with E-state index < -0.39 is 41.7 Å². The molecule has 2 atom stereocenters. The molecule has 1 fully saturated rings. The molecule has 1 aliphatic heterocycles. The molecule has 8 heteroatoms. The van der Waals surface area contributed by atoms with Crippen LogP contribution in [-0.2, 0) is 9.53 Å². The molecule has 0 spiro atoms. The fraction of sp³-hybridized carbons (Fsp3) is 0.833. The summed E-state index contributed by atoms with van der Waals surface area (Å²) in [7, 11) is 0. The summed E-state index contributed by atoms with van der Waals surface area (Å²) in [6.07, 6.45) is -5.87. The zero-order chi connectivity index (χ0) is 15.9. The van der Waals surface area contributed by atoms with Gasteiger partial charge in [0.15, 0.2) is 5.41 Å². The minimum atomic E-state index is -4.94. The summed E-state index contributed by atoms with van der Waals surface area (Å²) in [5.74, 6) is -3.21. The predicted molar refractivity (Wildman–Crippen MR) is 63.1 cm³/mol. The number of hydrogen-bond acceptors (Lipinski definition) is 3. The first-order valence-electron chi connectivity index (χ1n) is 6.09. The van der Waals surface area contributed by atoms with Gasteiger partial charge >= 0.3 is 18.2 Å². The number of carbonyl (C=O) groups excluding carboxylic acids is 1. The van der Waals surface area contributed by atoms with Crippen LogP contribution in [-0.4, -0.2) is 46.9 Å². The number of nitrogens with zero attached hydrogens (tertiary/aromatic N) is 1. The van der Waals surface area contributed by atoms with Crippen LogP contribution in [0.3, 0.4) is 0 Å². The van der Waals surface area contributed by atoms with Crippen molar-refractivity contribution in [2.75, 3.05) is 13.1 Å². The maximum absolute atomic E-state index is 13.1. The van der Waals surface area contributed by atoms with Crippen LogP contribution < -0.4 is 0 Å². The second-order valence-corrected chi connectivity index (χ2v) is 6.04. The highest BCUT2D eigenvalue weighted by molar-refractivity contribution is 5.79. The molecule has 0 aromatic carbocycles. The zero-order valence-corrected chi connectivity index (χ0v) is 11.7. The van der Waals surface area contributed by atoms with Crippen LogP contribution in [0.15, 0.2) is 0 Å². The Morgan fingerprint density at radius 1 is 1.30 bits per heavy atom. The maximum atomic E-state index is 13.1. The molecule has 20 heavy (non-hydrogen) atoms. The molecular weight excluding hydrogens is 279 g/mol. The van der Waals surface area contributed by atoms with E-state index in [1.165, 1.54) is 6.92 Å². The van der Waals surface area contributed by atoms with Crippen molar-refractivity contribution < 1.29 is 32.6 Å². The van der Waals surface area contributed by atoms with Crippen molar-refractivity contribution in [2.24, 2.45) is 11.3 Å². The lowest BCUT2D eigenvalue weighted by Gasteiger charge is -2.30. The normalized spacial score (nSPS) is 27.6. The summed E-state index contributed by atoms with van der Waals surface area (Å²) < 4.78 is 44.4. The van der Waals surface area contributed by atoms with Gasteiger partial charge in [-0.05, 0) is 20.8 Å². The standard InChI is InChI=1S/C12H18F3NO4/c1-7-5-16(9(19)20-10(2,3)4)6-11(7,8(17)18)12(13,14)15/h7H,5-6H2,1-4H3,(H,17,18)/t7-,11+/m0/s1. The molecule has 1 aliphatic rings. The van der Waals surface area contributed by atoms with Gasteiger partial charge < -0.3 is 14.7 Å². The first-order chi connectivity index (χ1) is 8.81. The van der Waals surface area contributed by atoms with Crippen molar-refractivity contribution >= 4 is 12.1 Å². The number of aliphatic carboxylic acids is 1. The van der Waals surface area contributed by atoms with Crippen molar-refractivity contribution in [3.8, 4) is 0 Å². The Hall–Kier alpha value is -1.47. The Kier molecular flexibility index (Phi) is 4.00. The third kappa shape index (κ3) is 2.83. The van der Waals surface area contributed by atoms with E-state index in [-0.39, 0.29) is 6.54 Å². The molecule has 0 aromatic rings. The topological polar surface area (TPSA) is 66.8 Å². The van der Waals surface area contributed by atoms with E-state index in [9.17, 15) is 22.8 Å². The minimum Gasteiger partial charge on any atom is -0.481 e. The van der Waals surface area contributed by atoms with E-state index in [4.69, 9.17) is 9.84 Å². The molecule has 116 valence electrons. The Bertz CT molecular complexity index is 416. The fourth-order valence-corrected chi connectivity index (χ4v) is 2.24. The van der Waals surface area contributed by atoms with Gasteiger partial charge in [0.1, 0.15) is 5.60 Å². The lowest BCUT2D eigenvalue weighted by molar-refractivity contribution is -0.236. The van der Waals surface area contributed by atoms with Gasteiger partial charge in [0, 0.05) is 19.0 Å². The number of amides is 1. The largest absolute Gasteiger partial charge is 0.481 e. The first kappa shape index (κ1) is 16.6. The van der Waals surface area contributed by atoms with E-state index in [0.29, 0.717) is 0 Å². The molecule has 1 heterocycles. The monoisotopic (exact) mass is 297 g/mol. The molecule has 0 aliphatic carbocycles. The van der Waals surface area contributed by atoms with Gasteiger partial charge in [-0.15, -0.1) is 0 Å². The van der Waals surface area contributed by atoms with Gasteiger partial charge in [-0.25, -0.2) is 4.79 Å². The molecule has 0 saturated carbocycles. The predicted octanol–water partition coefficient (Wildman–Crippen LogP) is 2.51. The van der Waals surface area contributed by atoms with Gasteiger partial charge in [-0.3, -0.25) is 4.79 Å². The molecule has 1 saturated heterocycles. The summed E-state index contributed by atoms with van der Waals surface area (Å²) >= 11 is 0. The van der Waals surface area contributed by atoms with Gasteiger partial charge in [0.25, 0.3) is 0 Å². The Balaban J connectivity index is 3.01. The average molecular weight is 297 g/mol. The van der Waals surface area contributed by atoms with Crippen LogP contribution in [0.5, 0.6) is 0 Å². The number of alkyl halides is 3. The molecule has 0 radical (unpaired) electrons. The number of halogens is 3. The Morgan fingerprint density at radius 3 is 2.10 bits per heavy atom. The second-order valence-electron chi connectivity index (χ2n) is 6.04. The zero-order valence-electron chi connectivity index (χ0n) is 11.7. The molecule has 0 aromatic heterocycles. The van der Waals surface area contributed by atoms with Crippen molar-refractivity contribution in [2.45, 2.75) is 39.5 Å². The van der Waals surface area contributed by atoms with Crippen LogP contribution in [0.25, 0.3) is 0 Å². The first-order valence-corrected chi connectivity index (χ1v) is 6.09. The van der Waals surface area contributed by atoms with Crippen molar-refractivity contribution in [3.63, 3.8) is 0 Å². The third-order valence-corrected chi connectivity index (χ3v) is 3.31. The Morgan fingerprint density at radius 2 is 1.80 bits per heavy atom. The SMILES string of the molecule is C[C@H]1CN(C(=O)OC(C)(C)C)C[C@@]1(C(=O)O)C(F)(F)F. The van der Waals surface area contributed by atoms with Crippen molar-refractivity contribution in [3.05, 3.63) is 0 Å². The Labute approximate surface area is 114 Å². The lowest BCUT2D eigenvalue weighted by atomic mass is 9.78. The molecule has 0 unspecified atom stereocenters. The molecule has 1 rings (SSSR count). The maximum Gasteiger partial charge on any atom is 0.410 e. The van der Waals surface area contributed by atoms with E-state index in [0.717, 1.165) is 4.90 Å². The summed E-state index contributed by atoms with van der Waals surface area (Å²) in [4.78, 5) is 23.7.